The second-order valence-electron chi connectivity index (χ2n) is 1.63. The highest BCUT2D eigenvalue weighted by Gasteiger charge is 2.05. The zero-order chi connectivity index (χ0) is 6.69. The van der Waals surface area contributed by atoms with Gasteiger partial charge in [0.25, 0.3) is 0 Å². The molecule has 1 aliphatic heterocycles. The molecule has 0 radical (unpaired) electrons. The van der Waals surface area contributed by atoms with Gasteiger partial charge in [0.15, 0.2) is 0 Å². The van der Waals surface area contributed by atoms with Crippen LogP contribution in [-0.4, -0.2) is 11.1 Å². The lowest BCUT2D eigenvalue weighted by Crippen LogP contribution is -2.31. The Morgan fingerprint density at radius 3 is 3.00 bits per heavy atom. The van der Waals surface area contributed by atoms with Gasteiger partial charge in [0.05, 0.1) is 12.1 Å². The standard InChI is InChI=1S/C4H7N3O2/c8-4(9)1-3-2-5-7-6-3/h2,5-7H,1H2,(H,8,9). The molecule has 0 saturated heterocycles. The Morgan fingerprint density at radius 1 is 1.78 bits per heavy atom. The van der Waals surface area contributed by atoms with Crippen LogP contribution < -0.4 is 16.4 Å². The minimum absolute atomic E-state index is 0.0139. The molecule has 9 heavy (non-hydrogen) atoms. The average Bonchev–Trinajstić information content (AvgIpc) is 2.15. The Kier molecular flexibility index (Phi) is 1.55. The molecule has 50 valence electrons. The van der Waals surface area contributed by atoms with E-state index in [4.69, 9.17) is 5.11 Å². The van der Waals surface area contributed by atoms with Gasteiger partial charge in [-0.2, -0.15) is 5.53 Å². The van der Waals surface area contributed by atoms with Gasteiger partial charge in [0, 0.05) is 6.20 Å². The van der Waals surface area contributed by atoms with Gasteiger partial charge in [-0.15, -0.1) is 0 Å². The zero-order valence-corrected chi connectivity index (χ0v) is 4.64. The van der Waals surface area contributed by atoms with Gasteiger partial charge in [-0.05, 0) is 0 Å². The number of carboxylic acid groups (broad SMARTS) is 1. The minimum Gasteiger partial charge on any atom is -0.481 e. The second-order valence-corrected chi connectivity index (χ2v) is 1.63. The summed E-state index contributed by atoms with van der Waals surface area (Å²) in [5.74, 6) is -0.848. The fraction of sp³-hybridized carbons (Fsp3) is 0.250. The lowest BCUT2D eigenvalue weighted by Gasteiger charge is -1.96. The normalized spacial score (nSPS) is 15.8. The maximum absolute atomic E-state index is 10.0. The van der Waals surface area contributed by atoms with Crippen LogP contribution in [0.4, 0.5) is 0 Å². The average molecular weight is 129 g/mol. The SMILES string of the molecule is O=C(O)CC1=CNNN1. The van der Waals surface area contributed by atoms with Gasteiger partial charge in [-0.25, -0.2) is 0 Å². The Balaban J connectivity index is 2.35. The van der Waals surface area contributed by atoms with Crippen LogP contribution in [0.3, 0.4) is 0 Å². The topological polar surface area (TPSA) is 73.4 Å². The molecule has 0 aliphatic carbocycles. The quantitative estimate of drug-likeness (QED) is 0.381. The minimum atomic E-state index is -0.848. The molecule has 0 aromatic carbocycles. The summed E-state index contributed by atoms with van der Waals surface area (Å²) in [6.07, 6.45) is 1.58. The number of aliphatic carboxylic acids is 1. The summed E-state index contributed by atoms with van der Waals surface area (Å²) in [5, 5.41) is 8.24. The molecule has 0 aromatic rings. The zero-order valence-electron chi connectivity index (χ0n) is 4.64. The van der Waals surface area contributed by atoms with Gasteiger partial charge >= 0.3 is 5.97 Å². The van der Waals surface area contributed by atoms with Gasteiger partial charge in [0.2, 0.25) is 0 Å². The monoisotopic (exact) mass is 129 g/mol. The van der Waals surface area contributed by atoms with Crippen LogP contribution in [-0.2, 0) is 4.79 Å². The molecule has 1 heterocycles. The van der Waals surface area contributed by atoms with Crippen LogP contribution >= 0.6 is 0 Å². The van der Waals surface area contributed by atoms with E-state index in [1.807, 2.05) is 0 Å². The van der Waals surface area contributed by atoms with Crippen molar-refractivity contribution >= 4 is 5.97 Å². The van der Waals surface area contributed by atoms with E-state index in [-0.39, 0.29) is 6.42 Å². The maximum atomic E-state index is 10.0. The fourth-order valence-corrected chi connectivity index (χ4v) is 0.534. The van der Waals surface area contributed by atoms with E-state index < -0.39 is 5.97 Å². The molecular weight excluding hydrogens is 122 g/mol. The first-order chi connectivity index (χ1) is 4.29. The van der Waals surface area contributed by atoms with Gasteiger partial charge in [-0.3, -0.25) is 4.79 Å². The molecule has 0 unspecified atom stereocenters. The summed E-state index contributed by atoms with van der Waals surface area (Å²) in [5.41, 5.74) is 8.35. The highest BCUT2D eigenvalue weighted by atomic mass is 16.4. The van der Waals surface area contributed by atoms with E-state index in [0.717, 1.165) is 0 Å². The Morgan fingerprint density at radius 2 is 2.56 bits per heavy atom. The molecule has 4 N–H and O–H groups in total. The van der Waals surface area contributed by atoms with Crippen molar-refractivity contribution in [1.82, 2.24) is 16.4 Å². The van der Waals surface area contributed by atoms with Crippen molar-refractivity contribution in [2.75, 3.05) is 0 Å². The first-order valence-electron chi connectivity index (χ1n) is 2.46. The number of rotatable bonds is 2. The first-order valence-corrected chi connectivity index (χ1v) is 2.46. The third kappa shape index (κ3) is 1.61. The van der Waals surface area contributed by atoms with Crippen molar-refractivity contribution in [1.29, 1.82) is 0 Å². The Labute approximate surface area is 51.7 Å². The number of carbonyl (C=O) groups is 1. The number of hydrazine groups is 2. The molecule has 1 aliphatic rings. The second kappa shape index (κ2) is 2.36. The van der Waals surface area contributed by atoms with E-state index >= 15 is 0 Å². The molecule has 0 atom stereocenters. The molecular formula is C4H7N3O2. The van der Waals surface area contributed by atoms with Crippen molar-refractivity contribution in [2.24, 2.45) is 0 Å². The summed E-state index contributed by atoms with van der Waals surface area (Å²) >= 11 is 0. The Hall–Kier alpha value is -1.23. The van der Waals surface area contributed by atoms with E-state index in [9.17, 15) is 4.79 Å². The third-order valence-electron chi connectivity index (χ3n) is 0.883. The van der Waals surface area contributed by atoms with E-state index in [1.165, 1.54) is 0 Å². The van der Waals surface area contributed by atoms with Crippen LogP contribution in [0.5, 0.6) is 0 Å². The number of nitrogens with one attached hydrogen (secondary N) is 3. The highest BCUT2D eigenvalue weighted by Crippen LogP contribution is 1.94. The summed E-state index contributed by atoms with van der Waals surface area (Å²) < 4.78 is 0. The number of hydrogen-bond acceptors (Lipinski definition) is 4. The van der Waals surface area contributed by atoms with Gasteiger partial charge in [0.1, 0.15) is 0 Å². The largest absolute Gasteiger partial charge is 0.481 e. The number of hydrogen-bond donors (Lipinski definition) is 4. The predicted molar refractivity (Wildman–Crippen MR) is 29.7 cm³/mol. The lowest BCUT2D eigenvalue weighted by molar-refractivity contribution is -0.136. The molecule has 0 bridgehead atoms. The summed E-state index contributed by atoms with van der Waals surface area (Å²) in [6.45, 7) is 0. The molecule has 0 amide bonds. The van der Waals surface area contributed by atoms with Gasteiger partial charge < -0.3 is 16.0 Å². The van der Waals surface area contributed by atoms with Crippen molar-refractivity contribution < 1.29 is 9.90 Å². The van der Waals surface area contributed by atoms with E-state index in [1.54, 1.807) is 6.20 Å². The van der Waals surface area contributed by atoms with Crippen molar-refractivity contribution in [2.45, 2.75) is 6.42 Å². The number of carboxylic acids is 1. The third-order valence-corrected chi connectivity index (χ3v) is 0.883. The van der Waals surface area contributed by atoms with E-state index in [2.05, 4.69) is 16.4 Å². The smallest absolute Gasteiger partial charge is 0.309 e. The fourth-order valence-electron chi connectivity index (χ4n) is 0.534. The summed E-state index contributed by atoms with van der Waals surface area (Å²) in [4.78, 5) is 10.0. The lowest BCUT2D eigenvalue weighted by atomic mass is 10.3. The van der Waals surface area contributed by atoms with Crippen LogP contribution in [0.15, 0.2) is 11.9 Å². The van der Waals surface area contributed by atoms with Crippen LogP contribution in [0.2, 0.25) is 0 Å². The molecule has 0 aromatic heterocycles. The first kappa shape index (κ1) is 5.90. The molecule has 5 nitrogen and oxygen atoms in total. The summed E-state index contributed by atoms with van der Waals surface area (Å²) in [7, 11) is 0. The van der Waals surface area contributed by atoms with E-state index in [0.29, 0.717) is 5.70 Å². The van der Waals surface area contributed by atoms with Crippen LogP contribution in [0.1, 0.15) is 6.42 Å². The van der Waals surface area contributed by atoms with Crippen molar-refractivity contribution in [3.63, 3.8) is 0 Å². The van der Waals surface area contributed by atoms with Gasteiger partial charge in [-0.1, -0.05) is 0 Å². The molecule has 5 heteroatoms. The molecule has 0 spiro atoms. The van der Waals surface area contributed by atoms with Crippen LogP contribution in [0.25, 0.3) is 0 Å². The molecule has 1 rings (SSSR count). The molecule has 0 saturated carbocycles. The Bertz CT molecular complexity index is 154. The van der Waals surface area contributed by atoms with Crippen LogP contribution in [0, 0.1) is 0 Å². The molecule has 0 fully saturated rings. The predicted octanol–water partition coefficient (Wildman–Crippen LogP) is -1.09. The highest BCUT2D eigenvalue weighted by molar-refractivity contribution is 5.69. The maximum Gasteiger partial charge on any atom is 0.309 e. The van der Waals surface area contributed by atoms with Crippen molar-refractivity contribution in [3.05, 3.63) is 11.9 Å². The van der Waals surface area contributed by atoms with Crippen molar-refractivity contribution in [3.8, 4) is 0 Å². The summed E-state index contributed by atoms with van der Waals surface area (Å²) in [6, 6.07) is 0.